The van der Waals surface area contributed by atoms with Crippen molar-refractivity contribution < 1.29 is 4.79 Å². The number of benzene rings is 1. The number of rotatable bonds is 2. The summed E-state index contributed by atoms with van der Waals surface area (Å²) in [5.74, 6) is 4.20. The Balaban J connectivity index is 1.67. The van der Waals surface area contributed by atoms with E-state index in [4.69, 9.17) is 0 Å². The van der Waals surface area contributed by atoms with Gasteiger partial charge in [0, 0.05) is 11.5 Å². The lowest BCUT2D eigenvalue weighted by atomic mass is 9.90. The third-order valence-electron chi connectivity index (χ3n) is 4.83. The standard InChI is InChI=1S/C14H14O/c15-14(8-4-2-1-3-5-8)12-9-6-10-11(7-9)13(10)12/h1-5,9-13H,6-7H2. The van der Waals surface area contributed by atoms with Gasteiger partial charge in [-0.1, -0.05) is 30.3 Å². The van der Waals surface area contributed by atoms with Gasteiger partial charge in [0.25, 0.3) is 0 Å². The normalized spacial score (nSPS) is 44.4. The number of ketones is 1. The van der Waals surface area contributed by atoms with Crippen LogP contribution in [0.5, 0.6) is 0 Å². The first-order valence-corrected chi connectivity index (χ1v) is 5.95. The van der Waals surface area contributed by atoms with Crippen molar-refractivity contribution in [3.05, 3.63) is 35.9 Å². The summed E-state index contributed by atoms with van der Waals surface area (Å²) in [6.07, 6.45) is 2.69. The van der Waals surface area contributed by atoms with Gasteiger partial charge in [-0.2, -0.15) is 0 Å². The summed E-state index contributed by atoms with van der Waals surface area (Å²) < 4.78 is 0. The molecule has 0 heterocycles. The van der Waals surface area contributed by atoms with E-state index in [0.29, 0.717) is 11.7 Å². The SMILES string of the molecule is O=C(c1ccccc1)C1C2CC3C(C2)C31. The summed E-state index contributed by atoms with van der Waals surface area (Å²) in [5, 5.41) is 0. The summed E-state index contributed by atoms with van der Waals surface area (Å²) in [5.41, 5.74) is 0.931. The van der Waals surface area contributed by atoms with Crippen LogP contribution in [0.3, 0.4) is 0 Å². The third kappa shape index (κ3) is 0.914. The summed E-state index contributed by atoms with van der Waals surface area (Å²) in [6, 6.07) is 9.85. The highest BCUT2D eigenvalue weighted by molar-refractivity contribution is 5.99. The van der Waals surface area contributed by atoms with Crippen molar-refractivity contribution in [1.29, 1.82) is 0 Å². The molecule has 4 aliphatic carbocycles. The van der Waals surface area contributed by atoms with Gasteiger partial charge >= 0.3 is 0 Å². The Kier molecular flexibility index (Phi) is 1.36. The van der Waals surface area contributed by atoms with Crippen molar-refractivity contribution in [2.75, 3.05) is 0 Å². The summed E-state index contributed by atoms with van der Waals surface area (Å²) in [6.45, 7) is 0. The highest BCUT2D eigenvalue weighted by atomic mass is 16.1. The molecule has 5 rings (SSSR count). The van der Waals surface area contributed by atoms with E-state index in [2.05, 4.69) is 0 Å². The van der Waals surface area contributed by atoms with E-state index in [1.807, 2.05) is 30.3 Å². The maximum atomic E-state index is 12.3. The van der Waals surface area contributed by atoms with Crippen molar-refractivity contribution in [2.45, 2.75) is 12.8 Å². The highest BCUT2D eigenvalue weighted by Crippen LogP contribution is 2.73. The number of hydrogen-bond donors (Lipinski definition) is 0. The first-order valence-electron chi connectivity index (χ1n) is 5.95. The van der Waals surface area contributed by atoms with Crippen molar-refractivity contribution in [1.82, 2.24) is 0 Å². The Bertz CT molecular complexity index is 408. The number of hydrogen-bond acceptors (Lipinski definition) is 1. The van der Waals surface area contributed by atoms with Crippen LogP contribution in [0.4, 0.5) is 0 Å². The minimum atomic E-state index is 0.391. The average molecular weight is 198 g/mol. The smallest absolute Gasteiger partial charge is 0.166 e. The maximum absolute atomic E-state index is 12.3. The Morgan fingerprint density at radius 1 is 1.07 bits per heavy atom. The van der Waals surface area contributed by atoms with Gasteiger partial charge in [-0.15, -0.1) is 0 Å². The topological polar surface area (TPSA) is 17.1 Å². The number of Topliss-reactive ketones (excluding diaryl/α,β-unsaturated/α-hetero) is 1. The fourth-order valence-corrected chi connectivity index (χ4v) is 4.26. The molecule has 4 saturated carbocycles. The van der Waals surface area contributed by atoms with Crippen LogP contribution in [-0.2, 0) is 0 Å². The van der Waals surface area contributed by atoms with Crippen LogP contribution in [-0.4, -0.2) is 5.78 Å². The summed E-state index contributed by atoms with van der Waals surface area (Å²) >= 11 is 0. The lowest BCUT2D eigenvalue weighted by Crippen LogP contribution is -2.18. The molecule has 4 fully saturated rings. The van der Waals surface area contributed by atoms with Gasteiger partial charge in [0.05, 0.1) is 0 Å². The molecule has 0 aromatic heterocycles. The molecule has 0 saturated heterocycles. The molecule has 0 aliphatic heterocycles. The van der Waals surface area contributed by atoms with Crippen LogP contribution >= 0.6 is 0 Å². The predicted octanol–water partition coefficient (Wildman–Crippen LogP) is 2.77. The van der Waals surface area contributed by atoms with Crippen LogP contribution in [0.25, 0.3) is 0 Å². The van der Waals surface area contributed by atoms with Crippen molar-refractivity contribution >= 4 is 5.78 Å². The molecule has 4 aliphatic rings. The molecule has 3 atom stereocenters. The zero-order valence-electron chi connectivity index (χ0n) is 8.60. The average Bonchev–Trinajstić information content (AvgIpc) is 2.73. The van der Waals surface area contributed by atoms with E-state index >= 15 is 0 Å². The molecule has 15 heavy (non-hydrogen) atoms. The molecule has 3 unspecified atom stereocenters. The van der Waals surface area contributed by atoms with Crippen molar-refractivity contribution in [3.63, 3.8) is 0 Å². The maximum Gasteiger partial charge on any atom is 0.166 e. The van der Waals surface area contributed by atoms with Gasteiger partial charge in [0.2, 0.25) is 0 Å². The Hall–Kier alpha value is -1.11. The molecule has 1 aromatic rings. The molecule has 0 radical (unpaired) electrons. The monoisotopic (exact) mass is 198 g/mol. The van der Waals surface area contributed by atoms with Gasteiger partial charge < -0.3 is 0 Å². The van der Waals surface area contributed by atoms with Crippen molar-refractivity contribution in [3.8, 4) is 0 Å². The first-order chi connectivity index (χ1) is 7.36. The molecule has 1 aromatic carbocycles. The van der Waals surface area contributed by atoms with Gasteiger partial charge in [-0.05, 0) is 36.5 Å². The van der Waals surface area contributed by atoms with Gasteiger partial charge in [-0.3, -0.25) is 4.79 Å². The van der Waals surface area contributed by atoms with E-state index in [1.165, 1.54) is 12.8 Å². The quantitative estimate of drug-likeness (QED) is 0.668. The van der Waals surface area contributed by atoms with Gasteiger partial charge in [0.15, 0.2) is 5.78 Å². The predicted molar refractivity (Wildman–Crippen MR) is 57.5 cm³/mol. The fraction of sp³-hybridized carbons (Fsp3) is 0.500. The van der Waals surface area contributed by atoms with Crippen LogP contribution in [0.15, 0.2) is 30.3 Å². The minimum absolute atomic E-state index is 0.391. The lowest BCUT2D eigenvalue weighted by Gasteiger charge is -2.13. The molecule has 0 amide bonds. The van der Waals surface area contributed by atoms with Crippen LogP contribution < -0.4 is 0 Å². The van der Waals surface area contributed by atoms with E-state index in [0.717, 1.165) is 29.2 Å². The van der Waals surface area contributed by atoms with E-state index in [9.17, 15) is 4.79 Å². The van der Waals surface area contributed by atoms with Crippen LogP contribution in [0.1, 0.15) is 23.2 Å². The first kappa shape index (κ1) is 8.09. The second kappa shape index (κ2) is 2.52. The summed E-state index contributed by atoms with van der Waals surface area (Å²) in [4.78, 5) is 12.3. The van der Waals surface area contributed by atoms with Gasteiger partial charge in [-0.25, -0.2) is 0 Å². The number of carbonyl (C=O) groups is 1. The molecule has 0 N–H and O–H groups in total. The van der Waals surface area contributed by atoms with Gasteiger partial charge in [0.1, 0.15) is 0 Å². The zero-order valence-corrected chi connectivity index (χ0v) is 8.60. The van der Waals surface area contributed by atoms with E-state index < -0.39 is 0 Å². The number of carbonyl (C=O) groups excluding carboxylic acids is 1. The third-order valence-corrected chi connectivity index (χ3v) is 4.83. The Morgan fingerprint density at radius 2 is 1.73 bits per heavy atom. The zero-order chi connectivity index (χ0) is 9.99. The van der Waals surface area contributed by atoms with Crippen LogP contribution in [0, 0.1) is 29.6 Å². The second-order valence-electron chi connectivity index (χ2n) is 5.39. The largest absolute Gasteiger partial charge is 0.294 e. The minimum Gasteiger partial charge on any atom is -0.294 e. The fourth-order valence-electron chi connectivity index (χ4n) is 4.26. The molecule has 76 valence electrons. The molecule has 1 nitrogen and oxygen atoms in total. The molecule has 4 bridgehead atoms. The molecular formula is C14H14O. The van der Waals surface area contributed by atoms with E-state index in [1.54, 1.807) is 0 Å². The highest BCUT2D eigenvalue weighted by Gasteiger charge is 2.69. The van der Waals surface area contributed by atoms with Crippen molar-refractivity contribution in [2.24, 2.45) is 29.6 Å². The Morgan fingerprint density at radius 3 is 2.27 bits per heavy atom. The molecule has 1 heteroatoms. The Labute approximate surface area is 89.5 Å². The second-order valence-corrected chi connectivity index (χ2v) is 5.39. The summed E-state index contributed by atoms with van der Waals surface area (Å²) in [7, 11) is 0. The lowest BCUT2D eigenvalue weighted by molar-refractivity contribution is 0.0892. The van der Waals surface area contributed by atoms with E-state index in [-0.39, 0.29) is 0 Å². The molecule has 0 spiro atoms. The van der Waals surface area contributed by atoms with Crippen LogP contribution in [0.2, 0.25) is 0 Å². The molecular weight excluding hydrogens is 184 g/mol.